The van der Waals surface area contributed by atoms with E-state index in [1.54, 1.807) is 0 Å². The molecule has 0 bridgehead atoms. The van der Waals surface area contributed by atoms with E-state index in [4.69, 9.17) is 0 Å². The zero-order chi connectivity index (χ0) is 13.0. The van der Waals surface area contributed by atoms with Crippen LogP contribution in [0.3, 0.4) is 0 Å². The van der Waals surface area contributed by atoms with Crippen molar-refractivity contribution in [1.29, 1.82) is 0 Å². The first-order valence-electron chi connectivity index (χ1n) is 7.42. The Morgan fingerprint density at radius 2 is 2.33 bits per heavy atom. The van der Waals surface area contributed by atoms with E-state index in [1.165, 1.54) is 31.4 Å². The van der Waals surface area contributed by atoms with E-state index >= 15 is 0 Å². The van der Waals surface area contributed by atoms with Crippen LogP contribution in [0.25, 0.3) is 0 Å². The zero-order valence-corrected chi connectivity index (χ0v) is 12.0. The normalized spacial score (nSPS) is 25.5. The van der Waals surface area contributed by atoms with Crippen LogP contribution in [0.15, 0.2) is 12.3 Å². The Morgan fingerprint density at radius 1 is 1.50 bits per heavy atom. The molecular weight excluding hydrogens is 222 g/mol. The second-order valence-corrected chi connectivity index (χ2v) is 5.72. The third-order valence-corrected chi connectivity index (χ3v) is 4.54. The summed E-state index contributed by atoms with van der Waals surface area (Å²) >= 11 is 0. The smallest absolute Gasteiger partial charge is 0.0492 e. The molecular formula is C15H27N3. The van der Waals surface area contributed by atoms with Crippen molar-refractivity contribution in [1.82, 2.24) is 15.1 Å². The maximum absolute atomic E-state index is 4.25. The molecule has 2 rings (SSSR count). The van der Waals surface area contributed by atoms with Crippen LogP contribution in [0, 0.1) is 11.8 Å². The van der Waals surface area contributed by atoms with E-state index in [2.05, 4.69) is 30.3 Å². The average Bonchev–Trinajstić information content (AvgIpc) is 2.94. The third kappa shape index (κ3) is 3.14. The van der Waals surface area contributed by atoms with Gasteiger partial charge in [-0.05, 0) is 43.7 Å². The van der Waals surface area contributed by atoms with Gasteiger partial charge in [0, 0.05) is 25.0 Å². The van der Waals surface area contributed by atoms with Crippen molar-refractivity contribution in [2.24, 2.45) is 18.9 Å². The van der Waals surface area contributed by atoms with Crippen molar-refractivity contribution in [3.63, 3.8) is 0 Å². The van der Waals surface area contributed by atoms with Gasteiger partial charge in [0.2, 0.25) is 0 Å². The van der Waals surface area contributed by atoms with Crippen molar-refractivity contribution < 1.29 is 0 Å². The van der Waals surface area contributed by atoms with Gasteiger partial charge in [-0.15, -0.1) is 0 Å². The van der Waals surface area contributed by atoms with Crippen LogP contribution in [0.2, 0.25) is 0 Å². The van der Waals surface area contributed by atoms with Crippen molar-refractivity contribution in [3.05, 3.63) is 18.0 Å². The first-order valence-corrected chi connectivity index (χ1v) is 7.42. The van der Waals surface area contributed by atoms with Crippen LogP contribution < -0.4 is 5.32 Å². The number of rotatable bonds is 6. The Bertz CT molecular complexity index is 358. The summed E-state index contributed by atoms with van der Waals surface area (Å²) < 4.78 is 2.00. The standard InChI is InChI=1S/C15H27N3/c1-4-16-15(14-7-5-6-12(14)2)9-8-13-10-11-17-18(13)3/h10-12,14-16H,4-9H2,1-3H3. The molecule has 1 aliphatic rings. The highest BCUT2D eigenvalue weighted by Crippen LogP contribution is 2.35. The van der Waals surface area contributed by atoms with E-state index in [1.807, 2.05) is 17.9 Å². The summed E-state index contributed by atoms with van der Waals surface area (Å²) in [6.07, 6.45) is 8.51. The molecule has 0 saturated heterocycles. The largest absolute Gasteiger partial charge is 0.314 e. The Labute approximate surface area is 111 Å². The number of aromatic nitrogens is 2. The first kappa shape index (κ1) is 13.6. The molecule has 1 aromatic heterocycles. The van der Waals surface area contributed by atoms with Gasteiger partial charge in [0.25, 0.3) is 0 Å². The number of aryl methyl sites for hydroxylation is 2. The molecule has 3 heteroatoms. The van der Waals surface area contributed by atoms with Gasteiger partial charge in [-0.2, -0.15) is 5.10 Å². The summed E-state index contributed by atoms with van der Waals surface area (Å²) in [5.74, 6) is 1.76. The fourth-order valence-electron chi connectivity index (χ4n) is 3.45. The van der Waals surface area contributed by atoms with Crippen LogP contribution in [-0.4, -0.2) is 22.4 Å². The van der Waals surface area contributed by atoms with Gasteiger partial charge < -0.3 is 5.32 Å². The molecule has 1 N–H and O–H groups in total. The summed E-state index contributed by atoms with van der Waals surface area (Å²) in [6.45, 7) is 5.72. The molecule has 3 nitrogen and oxygen atoms in total. The van der Waals surface area contributed by atoms with E-state index in [0.717, 1.165) is 24.8 Å². The van der Waals surface area contributed by atoms with Gasteiger partial charge in [0.1, 0.15) is 0 Å². The van der Waals surface area contributed by atoms with Crippen LogP contribution >= 0.6 is 0 Å². The second kappa shape index (κ2) is 6.37. The molecule has 0 spiro atoms. The molecule has 1 aliphatic carbocycles. The van der Waals surface area contributed by atoms with Crippen LogP contribution in [0.1, 0.15) is 45.2 Å². The number of hydrogen-bond donors (Lipinski definition) is 1. The number of nitrogens with zero attached hydrogens (tertiary/aromatic N) is 2. The van der Waals surface area contributed by atoms with E-state index in [0.29, 0.717) is 6.04 Å². The maximum atomic E-state index is 4.25. The first-order chi connectivity index (χ1) is 8.72. The number of nitrogens with one attached hydrogen (secondary N) is 1. The lowest BCUT2D eigenvalue weighted by atomic mass is 9.87. The molecule has 1 fully saturated rings. The minimum absolute atomic E-state index is 0.683. The Kier molecular flexibility index (Phi) is 4.81. The molecule has 0 aromatic carbocycles. The molecule has 3 unspecified atom stereocenters. The summed E-state index contributed by atoms with van der Waals surface area (Å²) in [5.41, 5.74) is 1.35. The van der Waals surface area contributed by atoms with Crippen LogP contribution in [0.4, 0.5) is 0 Å². The van der Waals surface area contributed by atoms with Crippen LogP contribution in [-0.2, 0) is 13.5 Å². The summed E-state index contributed by atoms with van der Waals surface area (Å²) in [6, 6.07) is 2.82. The quantitative estimate of drug-likeness (QED) is 0.840. The lowest BCUT2D eigenvalue weighted by molar-refractivity contribution is 0.286. The number of hydrogen-bond acceptors (Lipinski definition) is 2. The molecule has 1 saturated carbocycles. The van der Waals surface area contributed by atoms with Gasteiger partial charge in [-0.25, -0.2) is 0 Å². The predicted molar refractivity (Wildman–Crippen MR) is 75.5 cm³/mol. The van der Waals surface area contributed by atoms with Crippen LogP contribution in [0.5, 0.6) is 0 Å². The maximum Gasteiger partial charge on any atom is 0.0492 e. The molecule has 102 valence electrons. The fourth-order valence-corrected chi connectivity index (χ4v) is 3.45. The lowest BCUT2D eigenvalue weighted by Gasteiger charge is -2.27. The molecule has 1 aromatic rings. The topological polar surface area (TPSA) is 29.9 Å². The highest BCUT2D eigenvalue weighted by molar-refractivity contribution is 5.01. The molecule has 0 amide bonds. The molecule has 0 aliphatic heterocycles. The van der Waals surface area contributed by atoms with Gasteiger partial charge in [0.15, 0.2) is 0 Å². The third-order valence-electron chi connectivity index (χ3n) is 4.54. The Morgan fingerprint density at radius 3 is 2.89 bits per heavy atom. The SMILES string of the molecule is CCNC(CCc1ccnn1C)C1CCCC1C. The van der Waals surface area contributed by atoms with Crippen molar-refractivity contribution in [2.75, 3.05) is 6.54 Å². The minimum Gasteiger partial charge on any atom is -0.314 e. The van der Waals surface area contributed by atoms with E-state index < -0.39 is 0 Å². The summed E-state index contributed by atoms with van der Waals surface area (Å²) in [4.78, 5) is 0. The highest BCUT2D eigenvalue weighted by Gasteiger charge is 2.30. The van der Waals surface area contributed by atoms with Gasteiger partial charge in [-0.3, -0.25) is 4.68 Å². The van der Waals surface area contributed by atoms with Crippen molar-refractivity contribution in [3.8, 4) is 0 Å². The zero-order valence-electron chi connectivity index (χ0n) is 12.0. The molecule has 1 heterocycles. The second-order valence-electron chi connectivity index (χ2n) is 5.72. The lowest BCUT2D eigenvalue weighted by Crippen LogP contribution is -2.37. The highest BCUT2D eigenvalue weighted by atomic mass is 15.2. The van der Waals surface area contributed by atoms with Crippen molar-refractivity contribution >= 4 is 0 Å². The summed E-state index contributed by atoms with van der Waals surface area (Å²) in [7, 11) is 2.04. The Balaban J connectivity index is 1.92. The van der Waals surface area contributed by atoms with Gasteiger partial charge in [-0.1, -0.05) is 26.7 Å². The van der Waals surface area contributed by atoms with Crippen molar-refractivity contribution in [2.45, 2.75) is 52.0 Å². The Hall–Kier alpha value is -0.830. The summed E-state index contributed by atoms with van der Waals surface area (Å²) in [5, 5.41) is 7.96. The minimum atomic E-state index is 0.683. The molecule has 3 atom stereocenters. The predicted octanol–water partition coefficient (Wildman–Crippen LogP) is 2.77. The van der Waals surface area contributed by atoms with E-state index in [9.17, 15) is 0 Å². The fraction of sp³-hybridized carbons (Fsp3) is 0.800. The average molecular weight is 249 g/mol. The molecule has 0 radical (unpaired) electrons. The molecule has 18 heavy (non-hydrogen) atoms. The van der Waals surface area contributed by atoms with Gasteiger partial charge >= 0.3 is 0 Å². The van der Waals surface area contributed by atoms with Gasteiger partial charge in [0.05, 0.1) is 0 Å². The van der Waals surface area contributed by atoms with E-state index in [-0.39, 0.29) is 0 Å². The monoisotopic (exact) mass is 249 g/mol.